The molecule has 1 fully saturated rings. The van der Waals surface area contributed by atoms with E-state index in [4.69, 9.17) is 10.8 Å². The normalized spacial score (nSPS) is 35.3. The molecule has 1 saturated carbocycles. The molecule has 0 aliphatic heterocycles. The van der Waals surface area contributed by atoms with Gasteiger partial charge < -0.3 is 10.8 Å². The number of rotatable bonds is 0. The van der Waals surface area contributed by atoms with Gasteiger partial charge in [0.1, 0.15) is 0 Å². The van der Waals surface area contributed by atoms with Gasteiger partial charge in [0.25, 0.3) is 0 Å². The van der Waals surface area contributed by atoms with Gasteiger partial charge in [0.2, 0.25) is 0 Å². The van der Waals surface area contributed by atoms with Gasteiger partial charge in [0.15, 0.2) is 0 Å². The van der Waals surface area contributed by atoms with Crippen molar-refractivity contribution in [1.82, 2.24) is 0 Å². The summed E-state index contributed by atoms with van der Waals surface area (Å²) in [6.45, 7) is 0. The molecule has 0 aromatic heterocycles. The summed E-state index contributed by atoms with van der Waals surface area (Å²) in [4.78, 5) is 0. The minimum absolute atomic E-state index is 0. The lowest BCUT2D eigenvalue weighted by atomic mass is 9.94. The van der Waals surface area contributed by atoms with Crippen molar-refractivity contribution >= 4 is 12.4 Å². The Bertz CT molecular complexity index is 71.5. The molecule has 2 nitrogen and oxygen atoms in total. The lowest BCUT2D eigenvalue weighted by molar-refractivity contribution is 0.120. The van der Waals surface area contributed by atoms with Gasteiger partial charge in [0, 0.05) is 6.04 Å². The van der Waals surface area contributed by atoms with E-state index in [1.807, 2.05) is 0 Å². The third kappa shape index (κ3) is 3.04. The molecule has 2 atom stereocenters. The van der Waals surface area contributed by atoms with E-state index in [0.717, 1.165) is 25.7 Å². The predicted molar refractivity (Wildman–Crippen MR) is 39.7 cm³/mol. The van der Waals surface area contributed by atoms with Crippen LogP contribution in [0.5, 0.6) is 0 Å². The highest BCUT2D eigenvalue weighted by molar-refractivity contribution is 5.85. The summed E-state index contributed by atoms with van der Waals surface area (Å²) >= 11 is 0. The second-order valence-corrected chi connectivity index (χ2v) is 2.58. The van der Waals surface area contributed by atoms with Gasteiger partial charge in [-0.15, -0.1) is 12.4 Å². The van der Waals surface area contributed by atoms with Crippen molar-refractivity contribution in [3.8, 4) is 0 Å². The lowest BCUT2D eigenvalue weighted by Gasteiger charge is -2.21. The molecular formula is C6H14ClNO. The lowest BCUT2D eigenvalue weighted by Crippen LogP contribution is -2.30. The highest BCUT2D eigenvalue weighted by Gasteiger charge is 2.15. The monoisotopic (exact) mass is 151 g/mol. The minimum Gasteiger partial charge on any atom is -0.393 e. The fourth-order valence-corrected chi connectivity index (χ4v) is 1.20. The molecular weight excluding hydrogens is 138 g/mol. The van der Waals surface area contributed by atoms with Crippen LogP contribution in [0.25, 0.3) is 0 Å². The Hall–Kier alpha value is 0.210. The fourth-order valence-electron chi connectivity index (χ4n) is 1.20. The SMILES string of the molecule is Cl.N[C@H]1CCC[C@H](O)C1. The fraction of sp³-hybridized carbons (Fsp3) is 1.00. The zero-order chi connectivity index (χ0) is 5.98. The molecule has 0 spiro atoms. The standard InChI is InChI=1S/C6H13NO.ClH/c7-5-2-1-3-6(8)4-5;/h5-6,8H,1-4,7H2;1H/t5-,6-;/m0./s1. The van der Waals surface area contributed by atoms with Crippen molar-refractivity contribution in [3.63, 3.8) is 0 Å². The third-order valence-corrected chi connectivity index (χ3v) is 1.69. The molecule has 0 aromatic carbocycles. The van der Waals surface area contributed by atoms with Crippen LogP contribution in [0.2, 0.25) is 0 Å². The van der Waals surface area contributed by atoms with Crippen molar-refractivity contribution in [2.24, 2.45) is 5.73 Å². The van der Waals surface area contributed by atoms with Crippen molar-refractivity contribution in [1.29, 1.82) is 0 Å². The molecule has 0 saturated heterocycles. The zero-order valence-electron chi connectivity index (χ0n) is 5.42. The Balaban J connectivity index is 0.000000640. The molecule has 0 bridgehead atoms. The van der Waals surface area contributed by atoms with E-state index in [9.17, 15) is 0 Å². The Kier molecular flexibility index (Phi) is 4.19. The maximum atomic E-state index is 9.00. The summed E-state index contributed by atoms with van der Waals surface area (Å²) in [5.74, 6) is 0. The van der Waals surface area contributed by atoms with Gasteiger partial charge >= 0.3 is 0 Å². The minimum atomic E-state index is -0.112. The van der Waals surface area contributed by atoms with Crippen LogP contribution in [0, 0.1) is 0 Å². The molecule has 9 heavy (non-hydrogen) atoms. The van der Waals surface area contributed by atoms with Crippen LogP contribution in [-0.2, 0) is 0 Å². The summed E-state index contributed by atoms with van der Waals surface area (Å²) in [6.07, 6.45) is 3.84. The average molecular weight is 152 g/mol. The molecule has 0 unspecified atom stereocenters. The van der Waals surface area contributed by atoms with E-state index in [2.05, 4.69) is 0 Å². The molecule has 56 valence electrons. The van der Waals surface area contributed by atoms with Crippen LogP contribution in [0.4, 0.5) is 0 Å². The first kappa shape index (κ1) is 9.21. The summed E-state index contributed by atoms with van der Waals surface area (Å²) in [6, 6.07) is 0.263. The van der Waals surface area contributed by atoms with Crippen molar-refractivity contribution in [2.45, 2.75) is 37.8 Å². The van der Waals surface area contributed by atoms with E-state index < -0.39 is 0 Å². The number of aliphatic hydroxyl groups excluding tert-OH is 1. The quantitative estimate of drug-likeness (QED) is 0.535. The highest BCUT2D eigenvalue weighted by atomic mass is 35.5. The molecule has 3 N–H and O–H groups in total. The molecule has 0 amide bonds. The number of hydrogen-bond donors (Lipinski definition) is 2. The summed E-state index contributed by atoms with van der Waals surface area (Å²) in [5.41, 5.74) is 5.57. The number of nitrogens with two attached hydrogens (primary N) is 1. The van der Waals surface area contributed by atoms with Crippen LogP contribution in [0.1, 0.15) is 25.7 Å². The van der Waals surface area contributed by atoms with Gasteiger partial charge in [-0.05, 0) is 25.7 Å². The first-order valence-corrected chi connectivity index (χ1v) is 3.22. The zero-order valence-corrected chi connectivity index (χ0v) is 6.23. The molecule has 0 aromatic rings. The van der Waals surface area contributed by atoms with Gasteiger partial charge in [-0.1, -0.05) is 0 Å². The third-order valence-electron chi connectivity index (χ3n) is 1.69. The maximum absolute atomic E-state index is 9.00. The first-order chi connectivity index (χ1) is 3.79. The summed E-state index contributed by atoms with van der Waals surface area (Å²) in [5, 5.41) is 9.00. The Morgan fingerprint density at radius 1 is 1.33 bits per heavy atom. The highest BCUT2D eigenvalue weighted by Crippen LogP contribution is 2.15. The van der Waals surface area contributed by atoms with E-state index in [0.29, 0.717) is 0 Å². The second kappa shape index (κ2) is 4.09. The van der Waals surface area contributed by atoms with Gasteiger partial charge in [-0.25, -0.2) is 0 Å². The average Bonchev–Trinajstić information content (AvgIpc) is 1.64. The van der Waals surface area contributed by atoms with Crippen molar-refractivity contribution < 1.29 is 5.11 Å². The van der Waals surface area contributed by atoms with Crippen LogP contribution in [-0.4, -0.2) is 17.3 Å². The second-order valence-electron chi connectivity index (χ2n) is 2.58. The van der Waals surface area contributed by atoms with Crippen LogP contribution < -0.4 is 5.73 Å². The van der Waals surface area contributed by atoms with Crippen molar-refractivity contribution in [2.75, 3.05) is 0 Å². The smallest absolute Gasteiger partial charge is 0.0555 e. The van der Waals surface area contributed by atoms with Gasteiger partial charge in [-0.2, -0.15) is 0 Å². The van der Waals surface area contributed by atoms with Gasteiger partial charge in [-0.3, -0.25) is 0 Å². The van der Waals surface area contributed by atoms with E-state index in [-0.39, 0.29) is 24.6 Å². The molecule has 1 aliphatic carbocycles. The summed E-state index contributed by atoms with van der Waals surface area (Å²) < 4.78 is 0. The number of aliphatic hydroxyl groups is 1. The Labute approximate surface area is 61.8 Å². The van der Waals surface area contributed by atoms with E-state index in [1.54, 1.807) is 0 Å². The van der Waals surface area contributed by atoms with E-state index >= 15 is 0 Å². The summed E-state index contributed by atoms with van der Waals surface area (Å²) in [7, 11) is 0. The first-order valence-electron chi connectivity index (χ1n) is 3.22. The topological polar surface area (TPSA) is 46.2 Å². The van der Waals surface area contributed by atoms with Crippen molar-refractivity contribution in [3.05, 3.63) is 0 Å². The van der Waals surface area contributed by atoms with Gasteiger partial charge in [0.05, 0.1) is 6.10 Å². The number of halogens is 1. The number of hydrogen-bond acceptors (Lipinski definition) is 2. The Morgan fingerprint density at radius 2 is 2.00 bits per heavy atom. The molecule has 0 heterocycles. The largest absolute Gasteiger partial charge is 0.393 e. The van der Waals surface area contributed by atoms with Crippen LogP contribution >= 0.6 is 12.4 Å². The van der Waals surface area contributed by atoms with Crippen LogP contribution in [0.15, 0.2) is 0 Å². The molecule has 3 heteroatoms. The van der Waals surface area contributed by atoms with E-state index in [1.165, 1.54) is 0 Å². The van der Waals surface area contributed by atoms with Crippen LogP contribution in [0.3, 0.4) is 0 Å². The predicted octanol–water partition coefficient (Wildman–Crippen LogP) is 0.670. The molecule has 0 radical (unpaired) electrons. The molecule has 1 rings (SSSR count). The molecule has 1 aliphatic rings. The maximum Gasteiger partial charge on any atom is 0.0555 e. The Morgan fingerprint density at radius 3 is 2.33 bits per heavy atom.